The fraction of sp³-hybridized carbons (Fsp3) is 0.846. The third kappa shape index (κ3) is 4.47. The van der Waals surface area contributed by atoms with Crippen LogP contribution in [-0.4, -0.2) is 60.6 Å². The first-order valence-electron chi connectivity index (χ1n) is 7.10. The van der Waals surface area contributed by atoms with Crippen LogP contribution < -0.4 is 10.6 Å². The molecule has 0 aromatic heterocycles. The Morgan fingerprint density at radius 1 is 1.26 bits per heavy atom. The van der Waals surface area contributed by atoms with Crippen molar-refractivity contribution in [1.29, 1.82) is 0 Å². The maximum atomic E-state index is 11.9. The minimum absolute atomic E-state index is 0.0259. The highest BCUT2D eigenvalue weighted by Crippen LogP contribution is 2.25. The molecule has 0 radical (unpaired) electrons. The van der Waals surface area contributed by atoms with Crippen LogP contribution in [0.2, 0.25) is 0 Å². The molecule has 1 aliphatic heterocycles. The van der Waals surface area contributed by atoms with E-state index in [0.717, 1.165) is 39.0 Å². The zero-order valence-electron chi connectivity index (χ0n) is 11.2. The molecule has 2 fully saturated rings. The molecule has 1 amide bonds. The lowest BCUT2D eigenvalue weighted by Gasteiger charge is -2.20. The average molecular weight is 269 g/mol. The number of nitrogens with one attached hydrogen (secondary N) is 2. The normalized spacial score (nSPS) is 28.8. The Morgan fingerprint density at radius 2 is 2.11 bits per heavy atom. The van der Waals surface area contributed by atoms with E-state index in [0.29, 0.717) is 19.4 Å². The van der Waals surface area contributed by atoms with E-state index < -0.39 is 5.97 Å². The number of carbonyl (C=O) groups is 2. The van der Waals surface area contributed by atoms with Gasteiger partial charge in [0.05, 0.1) is 12.5 Å². The molecule has 1 aliphatic carbocycles. The summed E-state index contributed by atoms with van der Waals surface area (Å²) in [7, 11) is 0. The van der Waals surface area contributed by atoms with E-state index in [1.165, 1.54) is 0 Å². The van der Waals surface area contributed by atoms with Crippen LogP contribution in [0.4, 0.5) is 0 Å². The van der Waals surface area contributed by atoms with Gasteiger partial charge < -0.3 is 15.7 Å². The Bertz CT molecular complexity index is 327. The summed E-state index contributed by atoms with van der Waals surface area (Å²) in [6, 6.07) is 0.0405. The molecule has 2 rings (SSSR count). The van der Waals surface area contributed by atoms with Gasteiger partial charge in [0.25, 0.3) is 0 Å². The van der Waals surface area contributed by atoms with Gasteiger partial charge in [-0.25, -0.2) is 0 Å². The van der Waals surface area contributed by atoms with E-state index in [4.69, 9.17) is 5.11 Å². The summed E-state index contributed by atoms with van der Waals surface area (Å²) < 4.78 is 0. The van der Waals surface area contributed by atoms with Crippen LogP contribution in [-0.2, 0) is 9.59 Å². The molecule has 0 aromatic carbocycles. The van der Waals surface area contributed by atoms with Crippen LogP contribution in [0, 0.1) is 5.92 Å². The average Bonchev–Trinajstić information content (AvgIpc) is 2.67. The van der Waals surface area contributed by atoms with Crippen molar-refractivity contribution in [2.45, 2.75) is 31.7 Å². The number of carbonyl (C=O) groups excluding carboxylic acids is 1. The van der Waals surface area contributed by atoms with Crippen LogP contribution in [0.15, 0.2) is 0 Å². The molecule has 0 bridgehead atoms. The van der Waals surface area contributed by atoms with E-state index in [1.54, 1.807) is 0 Å². The van der Waals surface area contributed by atoms with Gasteiger partial charge in [-0.15, -0.1) is 0 Å². The second-order valence-corrected chi connectivity index (χ2v) is 5.49. The molecule has 1 heterocycles. The van der Waals surface area contributed by atoms with Gasteiger partial charge in [-0.2, -0.15) is 0 Å². The first-order chi connectivity index (χ1) is 9.15. The monoisotopic (exact) mass is 269 g/mol. The van der Waals surface area contributed by atoms with Crippen LogP contribution >= 0.6 is 0 Å². The van der Waals surface area contributed by atoms with Crippen molar-refractivity contribution in [3.05, 3.63) is 0 Å². The number of hydrogen-bond donors (Lipinski definition) is 3. The third-order valence-corrected chi connectivity index (χ3v) is 3.95. The predicted molar refractivity (Wildman–Crippen MR) is 70.8 cm³/mol. The highest BCUT2D eigenvalue weighted by molar-refractivity contribution is 5.78. The Labute approximate surface area is 113 Å². The minimum Gasteiger partial charge on any atom is -0.481 e. The van der Waals surface area contributed by atoms with Gasteiger partial charge in [0.1, 0.15) is 0 Å². The highest BCUT2D eigenvalue weighted by atomic mass is 16.4. The Kier molecular flexibility index (Phi) is 5.15. The van der Waals surface area contributed by atoms with Gasteiger partial charge >= 0.3 is 5.97 Å². The zero-order valence-corrected chi connectivity index (χ0v) is 11.2. The van der Waals surface area contributed by atoms with E-state index in [2.05, 4.69) is 15.5 Å². The molecular formula is C13H23N3O3. The van der Waals surface area contributed by atoms with Crippen molar-refractivity contribution < 1.29 is 14.7 Å². The van der Waals surface area contributed by atoms with Crippen molar-refractivity contribution in [2.24, 2.45) is 5.92 Å². The second-order valence-electron chi connectivity index (χ2n) is 5.49. The summed E-state index contributed by atoms with van der Waals surface area (Å²) in [5.41, 5.74) is 0. The molecular weight excluding hydrogens is 246 g/mol. The first-order valence-corrected chi connectivity index (χ1v) is 7.10. The van der Waals surface area contributed by atoms with Crippen molar-refractivity contribution in [3.63, 3.8) is 0 Å². The molecule has 2 unspecified atom stereocenters. The molecule has 6 heteroatoms. The summed E-state index contributed by atoms with van der Waals surface area (Å²) in [6.07, 6.45) is 3.10. The van der Waals surface area contributed by atoms with Gasteiger partial charge in [0.15, 0.2) is 0 Å². The molecule has 6 nitrogen and oxygen atoms in total. The largest absolute Gasteiger partial charge is 0.481 e. The van der Waals surface area contributed by atoms with Gasteiger partial charge in [-0.05, 0) is 38.8 Å². The Hall–Kier alpha value is -1.14. The number of rotatable bonds is 4. The van der Waals surface area contributed by atoms with Gasteiger partial charge in [-0.3, -0.25) is 14.5 Å². The first kappa shape index (κ1) is 14.3. The summed E-state index contributed by atoms with van der Waals surface area (Å²) >= 11 is 0. The number of carboxylic acids is 1. The molecule has 0 aromatic rings. The number of hydrogen-bond acceptors (Lipinski definition) is 4. The van der Waals surface area contributed by atoms with Crippen molar-refractivity contribution in [2.75, 3.05) is 32.7 Å². The standard InChI is InChI=1S/C13H23N3O3/c17-12(9-16-6-1-4-14-5-7-16)15-11-3-2-10(8-11)13(18)19/h10-11,14H,1-9H2,(H,15,17)(H,18,19). The molecule has 1 saturated carbocycles. The van der Waals surface area contributed by atoms with Gasteiger partial charge in [-0.1, -0.05) is 0 Å². The quantitative estimate of drug-likeness (QED) is 0.650. The molecule has 2 aliphatic rings. The smallest absolute Gasteiger partial charge is 0.306 e. The second kappa shape index (κ2) is 6.86. The van der Waals surface area contributed by atoms with Crippen molar-refractivity contribution in [1.82, 2.24) is 15.5 Å². The maximum Gasteiger partial charge on any atom is 0.306 e. The lowest BCUT2D eigenvalue weighted by Crippen LogP contribution is -2.42. The number of carboxylic acid groups (broad SMARTS) is 1. The lowest BCUT2D eigenvalue weighted by molar-refractivity contribution is -0.141. The third-order valence-electron chi connectivity index (χ3n) is 3.95. The Morgan fingerprint density at radius 3 is 2.84 bits per heavy atom. The maximum absolute atomic E-state index is 11.9. The number of nitrogens with zero attached hydrogens (tertiary/aromatic N) is 1. The summed E-state index contributed by atoms with van der Waals surface area (Å²) in [5.74, 6) is -0.999. The van der Waals surface area contributed by atoms with Crippen LogP contribution in [0.3, 0.4) is 0 Å². The van der Waals surface area contributed by atoms with Crippen molar-refractivity contribution in [3.8, 4) is 0 Å². The zero-order chi connectivity index (χ0) is 13.7. The molecule has 3 N–H and O–H groups in total. The van der Waals surface area contributed by atoms with Crippen LogP contribution in [0.1, 0.15) is 25.7 Å². The summed E-state index contributed by atoms with van der Waals surface area (Å²) in [6.45, 7) is 4.22. The summed E-state index contributed by atoms with van der Waals surface area (Å²) in [5, 5.41) is 15.2. The molecule has 2 atom stereocenters. The molecule has 0 spiro atoms. The SMILES string of the molecule is O=C(CN1CCCNCC1)NC1CCC(C(=O)O)C1. The fourth-order valence-corrected chi connectivity index (χ4v) is 2.87. The number of aliphatic carboxylic acids is 1. The minimum atomic E-state index is -0.740. The van der Waals surface area contributed by atoms with Gasteiger partial charge in [0, 0.05) is 19.1 Å². The lowest BCUT2D eigenvalue weighted by atomic mass is 10.1. The highest BCUT2D eigenvalue weighted by Gasteiger charge is 2.30. The van der Waals surface area contributed by atoms with Gasteiger partial charge in [0.2, 0.25) is 5.91 Å². The summed E-state index contributed by atoms with van der Waals surface area (Å²) in [4.78, 5) is 24.9. The fourth-order valence-electron chi connectivity index (χ4n) is 2.87. The van der Waals surface area contributed by atoms with Crippen molar-refractivity contribution >= 4 is 11.9 Å². The molecule has 1 saturated heterocycles. The predicted octanol–water partition coefficient (Wildman–Crippen LogP) is -0.349. The molecule has 108 valence electrons. The topological polar surface area (TPSA) is 81.7 Å². The van der Waals surface area contributed by atoms with E-state index >= 15 is 0 Å². The van der Waals surface area contributed by atoms with E-state index in [1.807, 2.05) is 0 Å². The van der Waals surface area contributed by atoms with E-state index in [-0.39, 0.29) is 17.9 Å². The molecule has 19 heavy (non-hydrogen) atoms. The van der Waals surface area contributed by atoms with E-state index in [9.17, 15) is 9.59 Å². The number of amides is 1. The Balaban J connectivity index is 1.71. The van der Waals surface area contributed by atoms with Crippen LogP contribution in [0.5, 0.6) is 0 Å². The van der Waals surface area contributed by atoms with Crippen LogP contribution in [0.25, 0.3) is 0 Å².